The third-order valence-electron chi connectivity index (χ3n) is 3.68. The van der Waals surface area contributed by atoms with Crippen molar-refractivity contribution in [2.24, 2.45) is 0 Å². The highest BCUT2D eigenvalue weighted by atomic mass is 16.5. The van der Waals surface area contributed by atoms with Crippen molar-refractivity contribution in [1.29, 1.82) is 0 Å². The number of carbonyl (C=O) groups is 2. The second-order valence-electron chi connectivity index (χ2n) is 6.38. The summed E-state index contributed by atoms with van der Waals surface area (Å²) in [6.07, 6.45) is 1.64. The van der Waals surface area contributed by atoms with Crippen LogP contribution in [0.5, 0.6) is 11.5 Å². The van der Waals surface area contributed by atoms with Crippen molar-refractivity contribution in [2.45, 2.75) is 26.8 Å². The number of phenols is 1. The van der Waals surface area contributed by atoms with E-state index in [-0.39, 0.29) is 24.3 Å². The molecule has 0 saturated carbocycles. The standard InChI is InChI=1S/C22H25NO5/c1-4-27-20-13-16(10-11-19(20)24)12-18(17-8-6-5-7-9-17)22(26)28-14-21(25)23-15(2)3/h5-13,15,24H,4,14H2,1-3H3,(H,23,25)/b18-12+. The highest BCUT2D eigenvalue weighted by Crippen LogP contribution is 2.29. The van der Waals surface area contributed by atoms with E-state index in [0.717, 1.165) is 0 Å². The summed E-state index contributed by atoms with van der Waals surface area (Å²) in [6.45, 7) is 5.52. The van der Waals surface area contributed by atoms with Crippen molar-refractivity contribution in [3.8, 4) is 11.5 Å². The lowest BCUT2D eigenvalue weighted by Gasteiger charge is -2.11. The minimum absolute atomic E-state index is 0.0215. The third-order valence-corrected chi connectivity index (χ3v) is 3.68. The van der Waals surface area contributed by atoms with E-state index < -0.39 is 5.97 Å². The molecule has 2 aromatic carbocycles. The van der Waals surface area contributed by atoms with E-state index in [1.54, 1.807) is 30.3 Å². The molecule has 6 heteroatoms. The molecular weight excluding hydrogens is 358 g/mol. The van der Waals surface area contributed by atoms with E-state index in [1.807, 2.05) is 39.0 Å². The number of aromatic hydroxyl groups is 1. The van der Waals surface area contributed by atoms with Gasteiger partial charge in [0.05, 0.1) is 12.2 Å². The Hall–Kier alpha value is -3.28. The fourth-order valence-electron chi connectivity index (χ4n) is 2.51. The first-order valence-corrected chi connectivity index (χ1v) is 9.10. The van der Waals surface area contributed by atoms with Gasteiger partial charge in [0.2, 0.25) is 0 Å². The van der Waals surface area contributed by atoms with Crippen LogP contribution in [0.15, 0.2) is 48.5 Å². The monoisotopic (exact) mass is 383 g/mol. The Kier molecular flexibility index (Phi) is 7.63. The fourth-order valence-corrected chi connectivity index (χ4v) is 2.51. The van der Waals surface area contributed by atoms with E-state index in [2.05, 4.69) is 5.32 Å². The molecule has 0 unspecified atom stereocenters. The van der Waals surface area contributed by atoms with Gasteiger partial charge >= 0.3 is 5.97 Å². The summed E-state index contributed by atoms with van der Waals surface area (Å²) >= 11 is 0. The normalized spacial score (nSPS) is 11.2. The molecule has 0 aliphatic rings. The van der Waals surface area contributed by atoms with Crippen LogP contribution in [0, 0.1) is 0 Å². The lowest BCUT2D eigenvalue weighted by atomic mass is 10.0. The smallest absolute Gasteiger partial charge is 0.339 e. The molecule has 0 bridgehead atoms. The molecule has 0 aromatic heterocycles. The highest BCUT2D eigenvalue weighted by molar-refractivity contribution is 6.21. The van der Waals surface area contributed by atoms with E-state index in [0.29, 0.717) is 29.1 Å². The summed E-state index contributed by atoms with van der Waals surface area (Å²) in [5.41, 5.74) is 1.61. The number of hydrogen-bond donors (Lipinski definition) is 2. The van der Waals surface area contributed by atoms with E-state index in [1.165, 1.54) is 6.07 Å². The zero-order chi connectivity index (χ0) is 20.5. The lowest BCUT2D eigenvalue weighted by Crippen LogP contribution is -2.34. The van der Waals surface area contributed by atoms with Gasteiger partial charge in [-0.25, -0.2) is 4.79 Å². The topological polar surface area (TPSA) is 84.9 Å². The molecule has 0 saturated heterocycles. The minimum atomic E-state index is -0.615. The predicted octanol–water partition coefficient (Wildman–Crippen LogP) is 3.40. The predicted molar refractivity (Wildman–Crippen MR) is 108 cm³/mol. The first-order valence-electron chi connectivity index (χ1n) is 9.10. The van der Waals surface area contributed by atoms with Crippen LogP contribution in [-0.2, 0) is 14.3 Å². The Morgan fingerprint density at radius 1 is 1.14 bits per heavy atom. The molecule has 0 heterocycles. The Bertz CT molecular complexity index is 843. The van der Waals surface area contributed by atoms with Crippen LogP contribution in [0.4, 0.5) is 0 Å². The van der Waals surface area contributed by atoms with Gasteiger partial charge in [0, 0.05) is 6.04 Å². The summed E-state index contributed by atoms with van der Waals surface area (Å²) < 4.78 is 10.6. The van der Waals surface area contributed by atoms with E-state index >= 15 is 0 Å². The number of amides is 1. The SMILES string of the molecule is CCOc1cc(/C=C(/C(=O)OCC(=O)NC(C)C)c2ccccc2)ccc1O. The van der Waals surface area contributed by atoms with Gasteiger partial charge in [-0.2, -0.15) is 0 Å². The quantitative estimate of drug-likeness (QED) is 0.415. The Balaban J connectivity index is 2.30. The van der Waals surface area contributed by atoms with Crippen LogP contribution in [0.2, 0.25) is 0 Å². The van der Waals surface area contributed by atoms with Gasteiger partial charge in [0.15, 0.2) is 18.1 Å². The number of hydrogen-bond acceptors (Lipinski definition) is 5. The first-order chi connectivity index (χ1) is 13.4. The second-order valence-corrected chi connectivity index (χ2v) is 6.38. The van der Waals surface area contributed by atoms with Crippen LogP contribution in [0.1, 0.15) is 31.9 Å². The van der Waals surface area contributed by atoms with Crippen molar-refractivity contribution in [2.75, 3.05) is 13.2 Å². The third kappa shape index (κ3) is 6.16. The summed E-state index contributed by atoms with van der Waals surface area (Å²) in [4.78, 5) is 24.4. The molecule has 2 aromatic rings. The maximum Gasteiger partial charge on any atom is 0.339 e. The molecule has 1 amide bonds. The molecule has 0 fully saturated rings. The number of carbonyl (C=O) groups excluding carboxylic acids is 2. The average Bonchev–Trinajstić information content (AvgIpc) is 2.67. The van der Waals surface area contributed by atoms with Crippen molar-refractivity contribution < 1.29 is 24.2 Å². The molecular formula is C22H25NO5. The van der Waals surface area contributed by atoms with Crippen molar-refractivity contribution >= 4 is 23.5 Å². The fraction of sp³-hybridized carbons (Fsp3) is 0.273. The maximum absolute atomic E-state index is 12.7. The summed E-state index contributed by atoms with van der Waals surface area (Å²) in [6, 6.07) is 13.8. The van der Waals surface area contributed by atoms with Crippen LogP contribution in [-0.4, -0.2) is 36.2 Å². The molecule has 2 N–H and O–H groups in total. The summed E-state index contributed by atoms with van der Waals surface area (Å²) in [5, 5.41) is 12.5. The molecule has 0 aliphatic carbocycles. The molecule has 28 heavy (non-hydrogen) atoms. The number of phenolic OH excluding ortho intramolecular Hbond substituents is 1. The molecule has 0 aliphatic heterocycles. The summed E-state index contributed by atoms with van der Waals surface area (Å²) in [7, 11) is 0. The van der Waals surface area contributed by atoms with Crippen molar-refractivity contribution in [3.63, 3.8) is 0 Å². The number of esters is 1. The molecule has 148 valence electrons. The molecule has 2 rings (SSSR count). The Morgan fingerprint density at radius 3 is 2.50 bits per heavy atom. The highest BCUT2D eigenvalue weighted by Gasteiger charge is 2.16. The van der Waals surface area contributed by atoms with Gasteiger partial charge in [-0.1, -0.05) is 36.4 Å². The van der Waals surface area contributed by atoms with Crippen LogP contribution >= 0.6 is 0 Å². The van der Waals surface area contributed by atoms with E-state index in [9.17, 15) is 14.7 Å². The minimum Gasteiger partial charge on any atom is -0.504 e. The molecule has 0 spiro atoms. The zero-order valence-corrected chi connectivity index (χ0v) is 16.3. The second kappa shape index (κ2) is 10.2. The summed E-state index contributed by atoms with van der Waals surface area (Å²) in [5.74, 6) is -0.628. The van der Waals surface area contributed by atoms with Crippen LogP contribution in [0.25, 0.3) is 11.6 Å². The van der Waals surface area contributed by atoms with Gasteiger partial charge in [-0.3, -0.25) is 4.79 Å². The number of ether oxygens (including phenoxy) is 2. The van der Waals surface area contributed by atoms with Gasteiger partial charge in [0.25, 0.3) is 5.91 Å². The largest absolute Gasteiger partial charge is 0.504 e. The maximum atomic E-state index is 12.7. The Labute approximate surface area is 164 Å². The van der Waals surface area contributed by atoms with Gasteiger partial charge < -0.3 is 19.9 Å². The van der Waals surface area contributed by atoms with Crippen molar-refractivity contribution in [3.05, 3.63) is 59.7 Å². The lowest BCUT2D eigenvalue weighted by molar-refractivity contribution is -0.143. The number of nitrogens with one attached hydrogen (secondary N) is 1. The van der Waals surface area contributed by atoms with Gasteiger partial charge in [0.1, 0.15) is 0 Å². The first kappa shape index (κ1) is 21.0. The van der Waals surface area contributed by atoms with E-state index in [4.69, 9.17) is 9.47 Å². The zero-order valence-electron chi connectivity index (χ0n) is 16.3. The molecule has 0 atom stereocenters. The molecule has 6 nitrogen and oxygen atoms in total. The van der Waals surface area contributed by atoms with Crippen molar-refractivity contribution in [1.82, 2.24) is 5.32 Å². The Morgan fingerprint density at radius 2 is 1.86 bits per heavy atom. The molecule has 0 radical (unpaired) electrons. The van der Waals surface area contributed by atoms with Crippen LogP contribution < -0.4 is 10.1 Å². The average molecular weight is 383 g/mol. The van der Waals surface area contributed by atoms with Crippen LogP contribution in [0.3, 0.4) is 0 Å². The van der Waals surface area contributed by atoms with Gasteiger partial charge in [-0.05, 0) is 50.1 Å². The number of rotatable bonds is 8. The van der Waals surface area contributed by atoms with Gasteiger partial charge in [-0.15, -0.1) is 0 Å². The number of benzene rings is 2.